The summed E-state index contributed by atoms with van der Waals surface area (Å²) in [6.45, 7) is 4.90. The number of hydrogen-bond acceptors (Lipinski definition) is 5. The van der Waals surface area contributed by atoms with Gasteiger partial charge < -0.3 is 20.3 Å². The Bertz CT molecular complexity index is 802. The predicted octanol–water partition coefficient (Wildman–Crippen LogP) is 13.8. The first-order chi connectivity index (χ1) is 26.5. The van der Waals surface area contributed by atoms with Gasteiger partial charge in [0.15, 0.2) is 0 Å². The molecule has 0 aliphatic rings. The van der Waals surface area contributed by atoms with Gasteiger partial charge in [-0.15, -0.1) is 0 Å². The fraction of sp³-hybridized carbons (Fsp3) is 0.917. The lowest BCUT2D eigenvalue weighted by molar-refractivity contribution is -0.143. The van der Waals surface area contributed by atoms with E-state index in [0.29, 0.717) is 25.9 Å². The highest BCUT2D eigenvalue weighted by Gasteiger charge is 2.20. The highest BCUT2D eigenvalue weighted by Crippen LogP contribution is 2.16. The molecule has 0 aliphatic carbocycles. The van der Waals surface area contributed by atoms with Crippen molar-refractivity contribution in [2.75, 3.05) is 13.2 Å². The molecule has 1 amide bonds. The Morgan fingerprint density at radius 2 is 0.870 bits per heavy atom. The monoisotopic (exact) mass is 764 g/mol. The van der Waals surface area contributed by atoms with Crippen molar-refractivity contribution >= 4 is 11.9 Å². The zero-order valence-corrected chi connectivity index (χ0v) is 36.2. The van der Waals surface area contributed by atoms with Crippen LogP contribution < -0.4 is 5.32 Å². The van der Waals surface area contributed by atoms with Crippen LogP contribution >= 0.6 is 0 Å². The van der Waals surface area contributed by atoms with Crippen molar-refractivity contribution in [2.45, 2.75) is 270 Å². The van der Waals surface area contributed by atoms with E-state index in [1.165, 1.54) is 154 Å². The van der Waals surface area contributed by atoms with Crippen LogP contribution in [0.5, 0.6) is 0 Å². The van der Waals surface area contributed by atoms with Crippen LogP contribution in [0.3, 0.4) is 0 Å². The Morgan fingerprint density at radius 3 is 1.31 bits per heavy atom. The largest absolute Gasteiger partial charge is 0.466 e. The molecule has 0 aliphatic heterocycles. The topological polar surface area (TPSA) is 95.9 Å². The maximum absolute atomic E-state index is 12.4. The molecular weight excluding hydrogens is 671 g/mol. The Kier molecular flexibility index (Phi) is 43.2. The lowest BCUT2D eigenvalue weighted by atomic mass is 10.0. The molecule has 2 unspecified atom stereocenters. The molecule has 0 saturated heterocycles. The summed E-state index contributed by atoms with van der Waals surface area (Å²) in [7, 11) is 0. The summed E-state index contributed by atoms with van der Waals surface area (Å²) < 4.78 is 5.43. The second kappa shape index (κ2) is 44.3. The highest BCUT2D eigenvalue weighted by molar-refractivity contribution is 5.76. The molecule has 0 spiro atoms. The molecule has 0 saturated carbocycles. The molecule has 6 heteroatoms. The Morgan fingerprint density at radius 1 is 0.500 bits per heavy atom. The molecule has 6 nitrogen and oxygen atoms in total. The van der Waals surface area contributed by atoms with E-state index in [2.05, 4.69) is 31.3 Å². The van der Waals surface area contributed by atoms with Crippen molar-refractivity contribution in [3.05, 3.63) is 12.2 Å². The number of esters is 1. The molecule has 0 rings (SSSR count). The van der Waals surface area contributed by atoms with Crippen LogP contribution in [0.2, 0.25) is 0 Å². The van der Waals surface area contributed by atoms with Gasteiger partial charge in [0, 0.05) is 12.8 Å². The molecule has 0 bridgehead atoms. The Hall–Kier alpha value is -1.40. The number of amides is 1. The summed E-state index contributed by atoms with van der Waals surface area (Å²) >= 11 is 0. The van der Waals surface area contributed by atoms with Gasteiger partial charge in [-0.05, 0) is 51.4 Å². The lowest BCUT2D eigenvalue weighted by Crippen LogP contribution is -2.45. The third-order valence-electron chi connectivity index (χ3n) is 11.1. The molecule has 320 valence electrons. The van der Waals surface area contributed by atoms with Crippen LogP contribution in [0.25, 0.3) is 0 Å². The van der Waals surface area contributed by atoms with Crippen molar-refractivity contribution in [3.8, 4) is 0 Å². The van der Waals surface area contributed by atoms with Crippen molar-refractivity contribution in [2.24, 2.45) is 0 Å². The molecule has 0 aromatic rings. The minimum absolute atomic E-state index is 0.0107. The SMILES string of the molecule is CCCCCCCCCCCCCC(=O)OCCCCCC/C=C\CCCCCCCCCC(=O)NC(CO)C(O)CCCCCCCCCCCCC. The predicted molar refractivity (Wildman–Crippen MR) is 232 cm³/mol. The maximum Gasteiger partial charge on any atom is 0.305 e. The number of ether oxygens (including phenoxy) is 1. The van der Waals surface area contributed by atoms with E-state index in [4.69, 9.17) is 4.74 Å². The molecule has 2 atom stereocenters. The average molecular weight is 764 g/mol. The smallest absolute Gasteiger partial charge is 0.305 e. The number of aliphatic hydroxyl groups excluding tert-OH is 2. The normalized spacial score (nSPS) is 12.7. The van der Waals surface area contributed by atoms with Gasteiger partial charge in [0.25, 0.3) is 0 Å². The first-order valence-electron chi connectivity index (χ1n) is 23.9. The van der Waals surface area contributed by atoms with E-state index < -0.39 is 12.1 Å². The quantitative estimate of drug-likeness (QED) is 0.0326. The number of rotatable bonds is 44. The Labute approximate surface area is 336 Å². The van der Waals surface area contributed by atoms with E-state index in [0.717, 1.165) is 70.6 Å². The highest BCUT2D eigenvalue weighted by atomic mass is 16.5. The van der Waals surface area contributed by atoms with E-state index in [-0.39, 0.29) is 18.5 Å². The summed E-state index contributed by atoms with van der Waals surface area (Å²) in [4.78, 5) is 24.3. The van der Waals surface area contributed by atoms with Crippen molar-refractivity contribution < 1.29 is 24.5 Å². The third-order valence-corrected chi connectivity index (χ3v) is 11.1. The number of allylic oxidation sites excluding steroid dienone is 2. The van der Waals surface area contributed by atoms with E-state index in [1.807, 2.05) is 0 Å². The van der Waals surface area contributed by atoms with Gasteiger partial charge in [-0.2, -0.15) is 0 Å². The van der Waals surface area contributed by atoms with E-state index in [1.54, 1.807) is 0 Å². The number of aliphatic hydroxyl groups is 2. The van der Waals surface area contributed by atoms with Gasteiger partial charge in [0.05, 0.1) is 25.4 Å². The van der Waals surface area contributed by atoms with Gasteiger partial charge in [-0.25, -0.2) is 0 Å². The molecular formula is C48H93NO5. The van der Waals surface area contributed by atoms with Crippen molar-refractivity contribution in [1.29, 1.82) is 0 Å². The third kappa shape index (κ3) is 40.3. The summed E-state index contributed by atoms with van der Waals surface area (Å²) in [5.74, 6) is -0.0620. The number of hydrogen-bond donors (Lipinski definition) is 3. The minimum Gasteiger partial charge on any atom is -0.466 e. The van der Waals surface area contributed by atoms with Crippen LogP contribution in [0.15, 0.2) is 12.2 Å². The number of unbranched alkanes of at least 4 members (excludes halogenated alkanes) is 31. The molecule has 0 radical (unpaired) electrons. The Balaban J connectivity index is 3.47. The maximum atomic E-state index is 12.4. The molecule has 54 heavy (non-hydrogen) atoms. The van der Waals surface area contributed by atoms with Gasteiger partial charge in [0.2, 0.25) is 5.91 Å². The molecule has 0 aromatic heterocycles. The van der Waals surface area contributed by atoms with Crippen LogP contribution in [0.1, 0.15) is 258 Å². The van der Waals surface area contributed by atoms with E-state index in [9.17, 15) is 19.8 Å². The molecule has 0 aromatic carbocycles. The summed E-state index contributed by atoms with van der Waals surface area (Å²) in [6, 6.07) is -0.550. The molecule has 0 heterocycles. The van der Waals surface area contributed by atoms with Crippen LogP contribution in [-0.2, 0) is 14.3 Å². The standard InChI is InChI=1S/C48H93NO5/c1-3-5-7-9-11-13-20-24-28-32-36-40-46(51)45(44-50)49-47(52)41-37-33-29-25-22-18-16-15-17-19-23-27-31-35-39-43-54-48(53)42-38-34-30-26-21-14-12-10-8-6-4-2/h17,19,45-46,50-51H,3-16,18,20-44H2,1-2H3,(H,49,52)/b19-17-. The fourth-order valence-electron chi connectivity index (χ4n) is 7.34. The van der Waals surface area contributed by atoms with Crippen LogP contribution in [-0.4, -0.2) is 47.4 Å². The second-order valence-electron chi connectivity index (χ2n) is 16.4. The fourth-order valence-corrected chi connectivity index (χ4v) is 7.34. The first-order valence-corrected chi connectivity index (χ1v) is 23.9. The summed E-state index contributed by atoms with van der Waals surface area (Å²) in [5, 5.41) is 23.1. The van der Waals surface area contributed by atoms with E-state index >= 15 is 0 Å². The van der Waals surface area contributed by atoms with Gasteiger partial charge in [-0.3, -0.25) is 9.59 Å². The number of carbonyl (C=O) groups is 2. The summed E-state index contributed by atoms with van der Waals surface area (Å²) in [6.07, 6.45) is 48.8. The zero-order valence-electron chi connectivity index (χ0n) is 36.2. The van der Waals surface area contributed by atoms with Gasteiger partial charge in [0.1, 0.15) is 0 Å². The van der Waals surface area contributed by atoms with Crippen molar-refractivity contribution in [1.82, 2.24) is 5.32 Å². The molecule has 0 fully saturated rings. The number of nitrogens with one attached hydrogen (secondary N) is 1. The van der Waals surface area contributed by atoms with Gasteiger partial charge >= 0.3 is 5.97 Å². The second-order valence-corrected chi connectivity index (χ2v) is 16.4. The number of carbonyl (C=O) groups excluding carboxylic acids is 2. The summed E-state index contributed by atoms with van der Waals surface area (Å²) in [5.41, 5.74) is 0. The minimum atomic E-state index is -0.671. The average Bonchev–Trinajstić information content (AvgIpc) is 3.17. The van der Waals surface area contributed by atoms with Crippen LogP contribution in [0.4, 0.5) is 0 Å². The van der Waals surface area contributed by atoms with Crippen molar-refractivity contribution in [3.63, 3.8) is 0 Å². The van der Waals surface area contributed by atoms with Gasteiger partial charge in [-0.1, -0.05) is 206 Å². The first kappa shape index (κ1) is 52.6. The lowest BCUT2D eigenvalue weighted by Gasteiger charge is -2.22. The zero-order chi connectivity index (χ0) is 39.4. The molecule has 3 N–H and O–H groups in total. The van der Waals surface area contributed by atoms with Crippen LogP contribution in [0, 0.1) is 0 Å².